The molecule has 1 rings (SSSR count). The van der Waals surface area contributed by atoms with Gasteiger partial charge in [0, 0.05) is 0 Å². The summed E-state index contributed by atoms with van der Waals surface area (Å²) in [7, 11) is -3.86. The zero-order valence-corrected chi connectivity index (χ0v) is 13.3. The van der Waals surface area contributed by atoms with E-state index in [1.165, 1.54) is 0 Å². The molecular weight excluding hydrogens is 308 g/mol. The van der Waals surface area contributed by atoms with E-state index in [0.29, 0.717) is 12.0 Å². The molecule has 0 amide bonds. The number of hydrogen-bond acceptors (Lipinski definition) is 5. The minimum Gasteiger partial charge on any atom is -0.481 e. The normalized spacial score (nSPS) is 14.5. The van der Waals surface area contributed by atoms with E-state index in [9.17, 15) is 18.3 Å². The molecule has 0 saturated carbocycles. The van der Waals surface area contributed by atoms with E-state index >= 15 is 0 Å². The number of aliphatic carboxylic acids is 1. The summed E-state index contributed by atoms with van der Waals surface area (Å²) in [5.41, 5.74) is 0.567. The minimum absolute atomic E-state index is 0.287. The van der Waals surface area contributed by atoms with E-state index in [1.54, 1.807) is 30.3 Å². The van der Waals surface area contributed by atoms with Crippen LogP contribution in [0.5, 0.6) is 0 Å². The second kappa shape index (κ2) is 8.87. The molecule has 1 aromatic rings. The van der Waals surface area contributed by atoms with Crippen LogP contribution in [-0.4, -0.2) is 37.3 Å². The first-order valence-electron chi connectivity index (χ1n) is 7.17. The molecule has 0 bridgehead atoms. The molecule has 0 heterocycles. The van der Waals surface area contributed by atoms with Crippen LogP contribution in [0.4, 0.5) is 0 Å². The number of aliphatic hydroxyl groups excluding tert-OH is 1. The molecule has 22 heavy (non-hydrogen) atoms. The van der Waals surface area contributed by atoms with E-state index in [4.69, 9.17) is 9.29 Å². The van der Waals surface area contributed by atoms with Gasteiger partial charge in [0.1, 0.15) is 5.75 Å². The Hall–Kier alpha value is -1.44. The molecule has 2 unspecified atom stereocenters. The lowest BCUT2D eigenvalue weighted by molar-refractivity contribution is -0.146. The number of aliphatic hydroxyl groups is 1. The van der Waals surface area contributed by atoms with Gasteiger partial charge in [0.25, 0.3) is 10.1 Å². The van der Waals surface area contributed by atoms with Crippen molar-refractivity contribution < 1.29 is 27.6 Å². The molecule has 0 aliphatic rings. The fourth-order valence-electron chi connectivity index (χ4n) is 2.01. The van der Waals surface area contributed by atoms with Gasteiger partial charge in [-0.05, 0) is 12.0 Å². The average molecular weight is 330 g/mol. The standard InChI is InChI=1S/C15H22O6S/c1-2-3-9-13(15(17)18)14(16)10-21-22(19,20)11-12-7-5-4-6-8-12/h4-8,13-14,16H,2-3,9-11H2,1H3,(H,17,18). The van der Waals surface area contributed by atoms with E-state index in [2.05, 4.69) is 0 Å². The molecule has 0 aromatic heterocycles. The largest absolute Gasteiger partial charge is 0.481 e. The average Bonchev–Trinajstić information content (AvgIpc) is 2.46. The Bertz CT molecular complexity index is 555. The third-order valence-corrected chi connectivity index (χ3v) is 4.44. The Labute approximate surface area is 130 Å². The molecule has 7 heteroatoms. The quantitative estimate of drug-likeness (QED) is 0.634. The van der Waals surface area contributed by atoms with Gasteiger partial charge in [0.2, 0.25) is 0 Å². The SMILES string of the molecule is CCCCC(C(=O)O)C(O)COS(=O)(=O)Cc1ccccc1. The van der Waals surface area contributed by atoms with Gasteiger partial charge in [-0.1, -0.05) is 50.1 Å². The third kappa shape index (κ3) is 6.55. The highest BCUT2D eigenvalue weighted by molar-refractivity contribution is 7.85. The summed E-state index contributed by atoms with van der Waals surface area (Å²) in [6.45, 7) is 1.36. The van der Waals surface area contributed by atoms with Crippen LogP contribution in [0.1, 0.15) is 31.7 Å². The number of rotatable bonds is 10. The molecule has 0 aliphatic carbocycles. The van der Waals surface area contributed by atoms with Gasteiger partial charge in [0.15, 0.2) is 0 Å². The second-order valence-corrected chi connectivity index (χ2v) is 6.77. The van der Waals surface area contributed by atoms with Crippen molar-refractivity contribution in [2.75, 3.05) is 6.61 Å². The number of carboxylic acids is 1. The lowest BCUT2D eigenvalue weighted by atomic mass is 9.97. The van der Waals surface area contributed by atoms with Crippen molar-refractivity contribution >= 4 is 16.1 Å². The number of carbonyl (C=O) groups is 1. The highest BCUT2D eigenvalue weighted by atomic mass is 32.2. The van der Waals surface area contributed by atoms with Crippen LogP contribution in [0.2, 0.25) is 0 Å². The van der Waals surface area contributed by atoms with Gasteiger partial charge in [-0.3, -0.25) is 8.98 Å². The summed E-state index contributed by atoms with van der Waals surface area (Å²) in [6, 6.07) is 8.50. The number of benzene rings is 1. The maximum atomic E-state index is 11.8. The van der Waals surface area contributed by atoms with Crippen LogP contribution >= 0.6 is 0 Å². The van der Waals surface area contributed by atoms with E-state index in [0.717, 1.165) is 6.42 Å². The molecular formula is C15H22O6S. The maximum absolute atomic E-state index is 11.8. The second-order valence-electron chi connectivity index (χ2n) is 5.13. The molecule has 1 aromatic carbocycles. The summed E-state index contributed by atoms with van der Waals surface area (Å²) in [6.07, 6.45) is 0.374. The highest BCUT2D eigenvalue weighted by Gasteiger charge is 2.27. The summed E-state index contributed by atoms with van der Waals surface area (Å²) in [5, 5.41) is 18.9. The van der Waals surface area contributed by atoms with E-state index < -0.39 is 34.7 Å². The molecule has 0 spiro atoms. The van der Waals surface area contributed by atoms with E-state index in [1.807, 2.05) is 6.92 Å². The van der Waals surface area contributed by atoms with Crippen LogP contribution in [0.15, 0.2) is 30.3 Å². The third-order valence-electron chi connectivity index (χ3n) is 3.25. The van der Waals surface area contributed by atoms with Crippen molar-refractivity contribution in [3.8, 4) is 0 Å². The Morgan fingerprint density at radius 2 is 1.91 bits per heavy atom. The first kappa shape index (κ1) is 18.6. The van der Waals surface area contributed by atoms with Gasteiger partial charge in [0.05, 0.1) is 18.6 Å². The van der Waals surface area contributed by atoms with Crippen LogP contribution in [-0.2, 0) is 24.8 Å². The van der Waals surface area contributed by atoms with Crippen molar-refractivity contribution in [3.63, 3.8) is 0 Å². The summed E-state index contributed by atoms with van der Waals surface area (Å²) in [5.74, 6) is -2.48. The monoisotopic (exact) mass is 330 g/mol. The molecule has 0 aliphatic heterocycles. The van der Waals surface area contributed by atoms with Gasteiger partial charge in [-0.25, -0.2) is 0 Å². The van der Waals surface area contributed by atoms with Gasteiger partial charge < -0.3 is 10.2 Å². The van der Waals surface area contributed by atoms with Crippen molar-refractivity contribution in [3.05, 3.63) is 35.9 Å². The Balaban J connectivity index is 2.57. The number of carboxylic acid groups (broad SMARTS) is 1. The van der Waals surface area contributed by atoms with Crippen molar-refractivity contribution in [1.29, 1.82) is 0 Å². The molecule has 2 atom stereocenters. The predicted molar refractivity (Wildman–Crippen MR) is 81.7 cm³/mol. The van der Waals surface area contributed by atoms with E-state index in [-0.39, 0.29) is 12.2 Å². The van der Waals surface area contributed by atoms with Gasteiger partial charge in [-0.2, -0.15) is 8.42 Å². The lowest BCUT2D eigenvalue weighted by Crippen LogP contribution is -2.33. The fraction of sp³-hybridized carbons (Fsp3) is 0.533. The predicted octanol–water partition coefficient (Wildman–Crippen LogP) is 1.78. The minimum atomic E-state index is -3.86. The summed E-state index contributed by atoms with van der Waals surface area (Å²) in [4.78, 5) is 11.1. The highest BCUT2D eigenvalue weighted by Crippen LogP contribution is 2.16. The fourth-order valence-corrected chi connectivity index (χ4v) is 3.04. The molecule has 6 nitrogen and oxygen atoms in total. The van der Waals surface area contributed by atoms with Crippen molar-refractivity contribution in [2.45, 2.75) is 38.0 Å². The Morgan fingerprint density at radius 3 is 2.45 bits per heavy atom. The first-order valence-corrected chi connectivity index (χ1v) is 8.75. The summed E-state index contributed by atoms with van der Waals surface area (Å²) >= 11 is 0. The molecule has 0 saturated heterocycles. The van der Waals surface area contributed by atoms with Crippen LogP contribution < -0.4 is 0 Å². The lowest BCUT2D eigenvalue weighted by Gasteiger charge is -2.18. The van der Waals surface area contributed by atoms with Crippen LogP contribution in [0.25, 0.3) is 0 Å². The zero-order chi connectivity index (χ0) is 16.6. The van der Waals surface area contributed by atoms with Crippen molar-refractivity contribution in [2.24, 2.45) is 5.92 Å². The smallest absolute Gasteiger partial charge is 0.309 e. The van der Waals surface area contributed by atoms with Crippen LogP contribution in [0, 0.1) is 5.92 Å². The molecule has 2 N–H and O–H groups in total. The van der Waals surface area contributed by atoms with Crippen molar-refractivity contribution in [1.82, 2.24) is 0 Å². The molecule has 0 fully saturated rings. The molecule has 124 valence electrons. The topological polar surface area (TPSA) is 101 Å². The number of unbranched alkanes of at least 4 members (excludes halogenated alkanes) is 1. The van der Waals surface area contributed by atoms with Crippen LogP contribution in [0.3, 0.4) is 0 Å². The first-order chi connectivity index (χ1) is 10.4. The Morgan fingerprint density at radius 1 is 1.27 bits per heavy atom. The molecule has 0 radical (unpaired) electrons. The maximum Gasteiger partial charge on any atom is 0.309 e. The van der Waals surface area contributed by atoms with Gasteiger partial charge >= 0.3 is 5.97 Å². The van der Waals surface area contributed by atoms with Gasteiger partial charge in [-0.15, -0.1) is 0 Å². The zero-order valence-electron chi connectivity index (χ0n) is 12.5. The summed E-state index contributed by atoms with van der Waals surface area (Å²) < 4.78 is 28.4. The Kier molecular flexibility index (Phi) is 7.50. The number of hydrogen-bond donors (Lipinski definition) is 2.